The first-order chi connectivity index (χ1) is 15.6. The third-order valence-electron chi connectivity index (χ3n) is 4.68. The van der Waals surface area contributed by atoms with Gasteiger partial charge < -0.3 is 20.8 Å². The van der Waals surface area contributed by atoms with Crippen LogP contribution in [-0.4, -0.2) is 65.5 Å². The van der Waals surface area contributed by atoms with Crippen molar-refractivity contribution in [2.75, 3.05) is 28.7 Å². The molecule has 0 aromatic carbocycles. The maximum atomic E-state index is 13.1. The number of rotatable bonds is 9. The van der Waals surface area contributed by atoms with Crippen LogP contribution >= 0.6 is 0 Å². The number of hydrogen-bond acceptors (Lipinski definition) is 9. The van der Waals surface area contributed by atoms with Crippen LogP contribution in [0, 0.1) is 0 Å². The summed E-state index contributed by atoms with van der Waals surface area (Å²) in [6, 6.07) is -0.506. The molecule has 0 spiro atoms. The number of aliphatic hydroxyl groups is 1. The van der Waals surface area contributed by atoms with Crippen molar-refractivity contribution in [3.8, 4) is 0 Å². The molecule has 0 atom stereocenters. The van der Waals surface area contributed by atoms with E-state index in [-0.39, 0.29) is 36.4 Å². The minimum absolute atomic E-state index is 0.00283. The van der Waals surface area contributed by atoms with Crippen molar-refractivity contribution < 1.29 is 19.8 Å². The molecule has 0 aliphatic heterocycles. The van der Waals surface area contributed by atoms with Crippen LogP contribution in [0.15, 0.2) is 31.1 Å². The van der Waals surface area contributed by atoms with E-state index in [0.29, 0.717) is 23.5 Å². The van der Waals surface area contributed by atoms with Gasteiger partial charge in [-0.15, -0.1) is 0 Å². The highest BCUT2D eigenvalue weighted by Gasteiger charge is 2.34. The zero-order valence-electron chi connectivity index (χ0n) is 16.9. The van der Waals surface area contributed by atoms with Gasteiger partial charge in [0.05, 0.1) is 35.7 Å². The summed E-state index contributed by atoms with van der Waals surface area (Å²) in [5.74, 6) is -1.07. The number of aromatic carboxylic acids is 1. The highest BCUT2D eigenvalue weighted by atomic mass is 16.4. The molecule has 3 aromatic rings. The topological polar surface area (TPSA) is 182 Å². The molecular formula is C19H21N9O4. The Hall–Kier alpha value is -4.13. The van der Waals surface area contributed by atoms with Gasteiger partial charge in [-0.1, -0.05) is 0 Å². The van der Waals surface area contributed by atoms with Crippen LogP contribution in [0.3, 0.4) is 0 Å². The Labute approximate surface area is 182 Å². The molecule has 5 N–H and O–H groups in total. The minimum atomic E-state index is -1.25. The Bertz CT molecular complexity index is 1090. The second-order valence-electron chi connectivity index (χ2n) is 7.11. The number of amides is 2. The number of carboxylic acid groups (broad SMARTS) is 1. The number of carbonyl (C=O) groups is 2. The standard InChI is InChI=1S/C19H21N9O4/c29-5-1-4-28(19(32)25-13-8-22-23-9-13)17-14(11-2-3-11)26-15(18(30)31)16(27-17)24-12-6-20-10-21-7-12/h6-11,29H,1-5H2,(H,22,23)(H,24,27)(H,25,32)(H,30,31). The van der Waals surface area contributed by atoms with Crippen LogP contribution in [0.4, 0.5) is 27.8 Å². The van der Waals surface area contributed by atoms with Crippen molar-refractivity contribution >= 4 is 35.0 Å². The fraction of sp³-hybridized carbons (Fsp3) is 0.316. The summed E-state index contributed by atoms with van der Waals surface area (Å²) in [6.07, 6.45) is 9.16. The molecule has 3 aromatic heterocycles. The summed E-state index contributed by atoms with van der Waals surface area (Å²) >= 11 is 0. The molecule has 166 valence electrons. The molecule has 2 amide bonds. The van der Waals surface area contributed by atoms with Gasteiger partial charge in [0.2, 0.25) is 0 Å². The van der Waals surface area contributed by atoms with Gasteiger partial charge in [-0.2, -0.15) is 5.10 Å². The first-order valence-electron chi connectivity index (χ1n) is 9.92. The average molecular weight is 439 g/mol. The first kappa shape index (κ1) is 21.1. The molecule has 1 fully saturated rings. The van der Waals surface area contributed by atoms with E-state index < -0.39 is 12.0 Å². The number of aromatic nitrogens is 6. The van der Waals surface area contributed by atoms with E-state index >= 15 is 0 Å². The van der Waals surface area contributed by atoms with E-state index in [1.165, 1.54) is 36.0 Å². The van der Waals surface area contributed by atoms with Gasteiger partial charge in [-0.05, 0) is 19.3 Å². The normalized spacial score (nSPS) is 12.9. The van der Waals surface area contributed by atoms with E-state index in [2.05, 4.69) is 40.8 Å². The van der Waals surface area contributed by atoms with Crippen LogP contribution < -0.4 is 15.5 Å². The zero-order valence-corrected chi connectivity index (χ0v) is 16.9. The van der Waals surface area contributed by atoms with Gasteiger partial charge in [0.25, 0.3) is 0 Å². The number of aromatic amines is 1. The van der Waals surface area contributed by atoms with Crippen molar-refractivity contribution in [2.45, 2.75) is 25.2 Å². The number of aliphatic hydroxyl groups excluding tert-OH is 1. The molecule has 0 bridgehead atoms. The lowest BCUT2D eigenvalue weighted by Gasteiger charge is -2.24. The maximum Gasteiger partial charge on any atom is 0.358 e. The predicted octanol–water partition coefficient (Wildman–Crippen LogP) is 1.73. The summed E-state index contributed by atoms with van der Waals surface area (Å²) in [4.78, 5) is 43.0. The lowest BCUT2D eigenvalue weighted by Crippen LogP contribution is -2.38. The van der Waals surface area contributed by atoms with Gasteiger partial charge in [0, 0.05) is 25.3 Å². The molecule has 13 nitrogen and oxygen atoms in total. The van der Waals surface area contributed by atoms with Crippen molar-refractivity contribution in [2.24, 2.45) is 0 Å². The molecule has 1 saturated carbocycles. The number of carboxylic acids is 1. The highest BCUT2D eigenvalue weighted by molar-refractivity contribution is 6.02. The third kappa shape index (κ3) is 4.78. The number of nitrogens with one attached hydrogen (secondary N) is 3. The van der Waals surface area contributed by atoms with Crippen LogP contribution in [0.1, 0.15) is 41.4 Å². The lowest BCUT2D eigenvalue weighted by atomic mass is 10.2. The molecule has 1 aliphatic rings. The van der Waals surface area contributed by atoms with Crippen LogP contribution in [0.5, 0.6) is 0 Å². The molecule has 13 heteroatoms. The lowest BCUT2D eigenvalue weighted by molar-refractivity contribution is 0.0691. The summed E-state index contributed by atoms with van der Waals surface area (Å²) in [7, 11) is 0. The third-order valence-corrected chi connectivity index (χ3v) is 4.68. The largest absolute Gasteiger partial charge is 0.476 e. The second kappa shape index (κ2) is 9.34. The molecule has 0 saturated heterocycles. The van der Waals surface area contributed by atoms with Crippen molar-refractivity contribution in [3.63, 3.8) is 0 Å². The van der Waals surface area contributed by atoms with E-state index in [4.69, 9.17) is 0 Å². The van der Waals surface area contributed by atoms with E-state index in [0.717, 1.165) is 12.8 Å². The molecule has 4 rings (SSSR count). The number of nitrogens with zero attached hydrogens (tertiary/aromatic N) is 6. The first-order valence-corrected chi connectivity index (χ1v) is 9.92. The van der Waals surface area contributed by atoms with Crippen molar-refractivity contribution in [1.82, 2.24) is 30.1 Å². The Kier molecular flexibility index (Phi) is 6.17. The highest BCUT2D eigenvalue weighted by Crippen LogP contribution is 2.43. The van der Waals surface area contributed by atoms with Gasteiger partial charge in [0.1, 0.15) is 6.33 Å². The number of urea groups is 1. The van der Waals surface area contributed by atoms with Gasteiger partial charge in [-0.25, -0.2) is 29.5 Å². The fourth-order valence-electron chi connectivity index (χ4n) is 3.05. The minimum Gasteiger partial charge on any atom is -0.476 e. The molecule has 0 radical (unpaired) electrons. The summed E-state index contributed by atoms with van der Waals surface area (Å²) in [5.41, 5.74) is 1.03. The van der Waals surface area contributed by atoms with Crippen LogP contribution in [-0.2, 0) is 0 Å². The molecule has 32 heavy (non-hydrogen) atoms. The second-order valence-corrected chi connectivity index (χ2v) is 7.11. The van der Waals surface area contributed by atoms with Crippen LogP contribution in [0.25, 0.3) is 0 Å². The number of H-pyrrole nitrogens is 1. The number of hydrogen-bond donors (Lipinski definition) is 5. The Balaban J connectivity index is 1.76. The Morgan fingerprint density at radius 2 is 1.94 bits per heavy atom. The van der Waals surface area contributed by atoms with Crippen molar-refractivity contribution in [3.05, 3.63) is 42.5 Å². The van der Waals surface area contributed by atoms with Crippen LogP contribution in [0.2, 0.25) is 0 Å². The van der Waals surface area contributed by atoms with Crippen molar-refractivity contribution in [1.29, 1.82) is 0 Å². The summed E-state index contributed by atoms with van der Waals surface area (Å²) < 4.78 is 0. The molecule has 0 unspecified atom stereocenters. The Morgan fingerprint density at radius 3 is 2.56 bits per heavy atom. The number of carbonyl (C=O) groups excluding carboxylic acids is 1. The predicted molar refractivity (Wildman–Crippen MR) is 113 cm³/mol. The average Bonchev–Trinajstić information content (AvgIpc) is 3.51. The van der Waals surface area contributed by atoms with E-state index in [1.54, 1.807) is 0 Å². The van der Waals surface area contributed by atoms with E-state index in [9.17, 15) is 19.8 Å². The molecular weight excluding hydrogens is 418 g/mol. The number of anilines is 4. The zero-order chi connectivity index (χ0) is 22.5. The Morgan fingerprint density at radius 1 is 1.16 bits per heavy atom. The smallest absolute Gasteiger partial charge is 0.358 e. The maximum absolute atomic E-state index is 13.1. The fourth-order valence-corrected chi connectivity index (χ4v) is 3.05. The van der Waals surface area contributed by atoms with Gasteiger partial charge in [-0.3, -0.25) is 10.00 Å². The molecule has 1 aliphatic carbocycles. The molecule has 3 heterocycles. The summed E-state index contributed by atoms with van der Waals surface area (Å²) in [6.45, 7) is 0.0102. The SMILES string of the molecule is O=C(O)c1nc(C2CC2)c(N(CCCO)C(=O)Nc2cn[nH]c2)nc1Nc1cncnc1. The van der Waals surface area contributed by atoms with E-state index in [1.807, 2.05) is 0 Å². The monoisotopic (exact) mass is 439 g/mol. The quantitative estimate of drug-likeness (QED) is 0.329. The van der Waals surface area contributed by atoms with Gasteiger partial charge in [0.15, 0.2) is 17.3 Å². The summed E-state index contributed by atoms with van der Waals surface area (Å²) in [5, 5.41) is 31.1. The van der Waals surface area contributed by atoms with Gasteiger partial charge >= 0.3 is 12.0 Å².